The molecule has 0 radical (unpaired) electrons. The van der Waals surface area contributed by atoms with Crippen LogP contribution in [-0.4, -0.2) is 24.4 Å². The fraction of sp³-hybridized carbons (Fsp3) is 0.263. The quantitative estimate of drug-likeness (QED) is 0.908. The fourth-order valence-electron chi connectivity index (χ4n) is 2.91. The second-order valence-corrected chi connectivity index (χ2v) is 6.58. The molecule has 0 unspecified atom stereocenters. The number of hydrogen-bond acceptors (Lipinski definition) is 2. The van der Waals surface area contributed by atoms with E-state index < -0.39 is 17.8 Å². The van der Waals surface area contributed by atoms with Crippen molar-refractivity contribution in [3.8, 4) is 0 Å². The van der Waals surface area contributed by atoms with E-state index in [1.165, 1.54) is 18.2 Å². The van der Waals surface area contributed by atoms with Crippen molar-refractivity contribution in [3.63, 3.8) is 0 Å². The monoisotopic (exact) mass is 360 g/mol. The third kappa shape index (κ3) is 3.37. The van der Waals surface area contributed by atoms with Crippen molar-refractivity contribution in [3.05, 3.63) is 63.9 Å². The summed E-state index contributed by atoms with van der Waals surface area (Å²) in [7, 11) is 0. The van der Waals surface area contributed by atoms with Crippen molar-refractivity contribution in [2.24, 2.45) is 0 Å². The van der Waals surface area contributed by atoms with Crippen molar-refractivity contribution in [2.75, 3.05) is 11.4 Å². The molecule has 1 aliphatic rings. The Morgan fingerprint density at radius 2 is 2.00 bits per heavy atom. The topological polar surface area (TPSA) is 49.4 Å². The summed E-state index contributed by atoms with van der Waals surface area (Å²) in [6, 6.07) is 9.14. The molecule has 6 heteroatoms. The molecule has 1 saturated heterocycles. The number of hydrogen-bond donors (Lipinski definition) is 1. The summed E-state index contributed by atoms with van der Waals surface area (Å²) in [6.07, 6.45) is 0.462. The number of halogens is 2. The van der Waals surface area contributed by atoms with Crippen LogP contribution < -0.4 is 10.2 Å². The lowest BCUT2D eigenvalue weighted by Gasteiger charge is -2.18. The lowest BCUT2D eigenvalue weighted by atomic mass is 10.1. The molecule has 0 aliphatic carbocycles. The van der Waals surface area contributed by atoms with Crippen LogP contribution in [-0.2, 0) is 4.79 Å². The van der Waals surface area contributed by atoms with E-state index in [1.54, 1.807) is 4.90 Å². The SMILES string of the molecule is Cc1ccc(N2CC[C@@H](NC(=O)c3c(F)cccc3Cl)C2=O)cc1C. The molecule has 0 saturated carbocycles. The first-order valence-electron chi connectivity index (χ1n) is 8.02. The minimum Gasteiger partial charge on any atom is -0.340 e. The predicted octanol–water partition coefficient (Wildman–Crippen LogP) is 3.63. The maximum absolute atomic E-state index is 13.9. The second kappa shape index (κ2) is 6.84. The van der Waals surface area contributed by atoms with Gasteiger partial charge >= 0.3 is 0 Å². The number of benzene rings is 2. The van der Waals surface area contributed by atoms with E-state index in [0.29, 0.717) is 13.0 Å². The minimum atomic E-state index is -0.707. The Kier molecular flexibility index (Phi) is 4.77. The number of amides is 2. The lowest BCUT2D eigenvalue weighted by molar-refractivity contribution is -0.118. The van der Waals surface area contributed by atoms with Gasteiger partial charge < -0.3 is 10.2 Å². The van der Waals surface area contributed by atoms with Gasteiger partial charge in [0.1, 0.15) is 11.9 Å². The molecule has 0 spiro atoms. The van der Waals surface area contributed by atoms with E-state index in [4.69, 9.17) is 11.6 Å². The van der Waals surface area contributed by atoms with Crippen LogP contribution in [0.4, 0.5) is 10.1 Å². The molecule has 0 aromatic heterocycles. The van der Waals surface area contributed by atoms with Crippen molar-refractivity contribution in [1.29, 1.82) is 0 Å². The van der Waals surface area contributed by atoms with Crippen molar-refractivity contribution in [1.82, 2.24) is 5.32 Å². The summed E-state index contributed by atoms with van der Waals surface area (Å²) in [5.74, 6) is -1.59. The molecule has 1 heterocycles. The number of nitrogens with zero attached hydrogens (tertiary/aromatic N) is 1. The molecule has 2 aromatic rings. The molecule has 4 nitrogen and oxygen atoms in total. The number of nitrogens with one attached hydrogen (secondary N) is 1. The third-order valence-electron chi connectivity index (χ3n) is 4.50. The van der Waals surface area contributed by atoms with Gasteiger partial charge in [-0.25, -0.2) is 4.39 Å². The minimum absolute atomic E-state index is 0.0222. The summed E-state index contributed by atoms with van der Waals surface area (Å²) < 4.78 is 13.9. The van der Waals surface area contributed by atoms with E-state index in [9.17, 15) is 14.0 Å². The van der Waals surface area contributed by atoms with E-state index in [1.807, 2.05) is 32.0 Å². The Labute approximate surface area is 150 Å². The van der Waals surface area contributed by atoms with Gasteiger partial charge in [-0.2, -0.15) is 0 Å². The maximum atomic E-state index is 13.9. The van der Waals surface area contributed by atoms with Gasteiger partial charge in [-0.3, -0.25) is 9.59 Å². The van der Waals surface area contributed by atoms with E-state index in [-0.39, 0.29) is 16.5 Å². The normalized spacial score (nSPS) is 17.0. The van der Waals surface area contributed by atoms with Crippen molar-refractivity contribution >= 4 is 29.1 Å². The van der Waals surface area contributed by atoms with E-state index in [0.717, 1.165) is 16.8 Å². The first kappa shape index (κ1) is 17.4. The third-order valence-corrected chi connectivity index (χ3v) is 4.82. The van der Waals surface area contributed by atoms with Gasteiger partial charge in [0.25, 0.3) is 5.91 Å². The van der Waals surface area contributed by atoms with Crippen LogP contribution in [0.5, 0.6) is 0 Å². The standard InChI is InChI=1S/C19H18ClFN2O2/c1-11-6-7-13(10-12(11)2)23-9-8-16(19(23)25)22-18(24)17-14(20)4-3-5-15(17)21/h3-7,10,16H,8-9H2,1-2H3,(H,22,24)/t16-/m1/s1. The molecule has 1 aliphatic heterocycles. The smallest absolute Gasteiger partial charge is 0.256 e. The van der Waals surface area contributed by atoms with E-state index >= 15 is 0 Å². The van der Waals surface area contributed by atoms with Crippen LogP contribution >= 0.6 is 11.6 Å². The van der Waals surface area contributed by atoms with Gasteiger partial charge in [0.05, 0.1) is 10.6 Å². The summed E-state index contributed by atoms with van der Waals surface area (Å²) in [5.41, 5.74) is 2.81. The molecule has 0 bridgehead atoms. The Morgan fingerprint density at radius 3 is 2.68 bits per heavy atom. The number of rotatable bonds is 3. The van der Waals surface area contributed by atoms with Gasteiger partial charge in [0.2, 0.25) is 5.91 Å². The molecule has 3 rings (SSSR count). The highest BCUT2D eigenvalue weighted by atomic mass is 35.5. The zero-order valence-electron chi connectivity index (χ0n) is 14.0. The molecule has 130 valence electrons. The van der Waals surface area contributed by atoms with Crippen LogP contribution in [0.1, 0.15) is 27.9 Å². The Hall–Kier alpha value is -2.40. The van der Waals surface area contributed by atoms with E-state index in [2.05, 4.69) is 5.32 Å². The van der Waals surface area contributed by atoms with Crippen LogP contribution in [0, 0.1) is 19.7 Å². The second-order valence-electron chi connectivity index (χ2n) is 6.17. The van der Waals surface area contributed by atoms with Gasteiger partial charge in [-0.15, -0.1) is 0 Å². The summed E-state index contributed by atoms with van der Waals surface area (Å²) in [4.78, 5) is 26.6. The molecule has 1 atom stereocenters. The van der Waals surface area contributed by atoms with Crippen LogP contribution in [0.25, 0.3) is 0 Å². The number of aryl methyl sites for hydroxylation is 2. The zero-order valence-corrected chi connectivity index (χ0v) is 14.7. The molecule has 1 fully saturated rings. The highest BCUT2D eigenvalue weighted by Crippen LogP contribution is 2.25. The summed E-state index contributed by atoms with van der Waals surface area (Å²) >= 11 is 5.91. The molecule has 2 aromatic carbocycles. The lowest BCUT2D eigenvalue weighted by Crippen LogP contribution is -2.42. The van der Waals surface area contributed by atoms with Gasteiger partial charge in [-0.05, 0) is 55.7 Å². The fourth-order valence-corrected chi connectivity index (χ4v) is 3.16. The highest BCUT2D eigenvalue weighted by molar-refractivity contribution is 6.34. The highest BCUT2D eigenvalue weighted by Gasteiger charge is 2.34. The molecule has 25 heavy (non-hydrogen) atoms. The van der Waals surface area contributed by atoms with Gasteiger partial charge in [-0.1, -0.05) is 23.7 Å². The van der Waals surface area contributed by atoms with Crippen LogP contribution in [0.3, 0.4) is 0 Å². The van der Waals surface area contributed by atoms with Crippen molar-refractivity contribution < 1.29 is 14.0 Å². The van der Waals surface area contributed by atoms with Crippen molar-refractivity contribution in [2.45, 2.75) is 26.3 Å². The summed E-state index contributed by atoms with van der Waals surface area (Å²) in [6.45, 7) is 4.49. The van der Waals surface area contributed by atoms with Gasteiger partial charge in [0.15, 0.2) is 0 Å². The Balaban J connectivity index is 1.76. The first-order valence-corrected chi connectivity index (χ1v) is 8.40. The molecular weight excluding hydrogens is 343 g/mol. The average Bonchev–Trinajstić information content (AvgIpc) is 2.91. The average molecular weight is 361 g/mol. The number of carbonyl (C=O) groups excluding carboxylic acids is 2. The maximum Gasteiger partial charge on any atom is 0.256 e. The Bertz CT molecular complexity index is 833. The predicted molar refractivity (Wildman–Crippen MR) is 95.6 cm³/mol. The number of anilines is 1. The van der Waals surface area contributed by atoms with Crippen LogP contribution in [0.2, 0.25) is 5.02 Å². The van der Waals surface area contributed by atoms with Gasteiger partial charge in [0, 0.05) is 12.2 Å². The zero-order chi connectivity index (χ0) is 18.1. The molecule has 2 amide bonds. The molecule has 1 N–H and O–H groups in total. The Morgan fingerprint density at radius 1 is 1.24 bits per heavy atom. The molecular formula is C19H18ClFN2O2. The largest absolute Gasteiger partial charge is 0.340 e. The summed E-state index contributed by atoms with van der Waals surface area (Å²) in [5, 5.41) is 2.62. The van der Waals surface area contributed by atoms with Crippen LogP contribution in [0.15, 0.2) is 36.4 Å². The number of carbonyl (C=O) groups is 2. The first-order chi connectivity index (χ1) is 11.9.